The molecule has 1 aliphatic carbocycles. The van der Waals surface area contributed by atoms with Crippen LogP contribution in [0.2, 0.25) is 0 Å². The van der Waals surface area contributed by atoms with Crippen LogP contribution in [0.15, 0.2) is 71.9 Å². The van der Waals surface area contributed by atoms with Crippen LogP contribution in [0.1, 0.15) is 29.9 Å². The molecule has 1 unspecified atom stereocenters. The standard InChI is InChI=1S/C18H17NO/c20-19-16-11-12-17(14-7-3-1-4-8-14)18(13-16)15-9-5-2-6-10-15/h1-10,13,17,20H,11-12H2/b19-16-. The molecule has 0 saturated heterocycles. The van der Waals surface area contributed by atoms with Gasteiger partial charge in [-0.2, -0.15) is 0 Å². The van der Waals surface area contributed by atoms with Gasteiger partial charge in [0.2, 0.25) is 0 Å². The second-order valence-electron chi connectivity index (χ2n) is 5.06. The predicted molar refractivity (Wildman–Crippen MR) is 82.1 cm³/mol. The lowest BCUT2D eigenvalue weighted by Gasteiger charge is -2.25. The van der Waals surface area contributed by atoms with E-state index in [0.717, 1.165) is 18.6 Å². The van der Waals surface area contributed by atoms with E-state index in [2.05, 4.69) is 41.6 Å². The smallest absolute Gasteiger partial charge is 0.0799 e. The van der Waals surface area contributed by atoms with Gasteiger partial charge < -0.3 is 5.21 Å². The summed E-state index contributed by atoms with van der Waals surface area (Å²) < 4.78 is 0. The van der Waals surface area contributed by atoms with Crippen LogP contribution >= 0.6 is 0 Å². The van der Waals surface area contributed by atoms with Gasteiger partial charge in [-0.1, -0.05) is 65.8 Å². The molecular formula is C18H17NO. The normalized spacial score (nSPS) is 20.7. The van der Waals surface area contributed by atoms with Crippen LogP contribution in [-0.4, -0.2) is 10.9 Å². The fourth-order valence-corrected chi connectivity index (χ4v) is 2.83. The van der Waals surface area contributed by atoms with Gasteiger partial charge in [-0.05, 0) is 35.6 Å². The molecule has 0 bridgehead atoms. The van der Waals surface area contributed by atoms with Gasteiger partial charge in [0, 0.05) is 5.92 Å². The number of nitrogens with zero attached hydrogens (tertiary/aromatic N) is 1. The van der Waals surface area contributed by atoms with Crippen molar-refractivity contribution in [2.24, 2.45) is 5.16 Å². The number of allylic oxidation sites excluding steroid dienone is 2. The Morgan fingerprint density at radius 2 is 1.55 bits per heavy atom. The Bertz CT molecular complexity index is 629. The van der Waals surface area contributed by atoms with Gasteiger partial charge in [0.25, 0.3) is 0 Å². The maximum atomic E-state index is 9.06. The van der Waals surface area contributed by atoms with Crippen molar-refractivity contribution in [3.63, 3.8) is 0 Å². The topological polar surface area (TPSA) is 32.6 Å². The lowest BCUT2D eigenvalue weighted by molar-refractivity contribution is 0.318. The molecule has 1 atom stereocenters. The quantitative estimate of drug-likeness (QED) is 0.629. The maximum Gasteiger partial charge on any atom is 0.0799 e. The fourth-order valence-electron chi connectivity index (χ4n) is 2.83. The number of rotatable bonds is 2. The van der Waals surface area contributed by atoms with Crippen molar-refractivity contribution in [2.45, 2.75) is 18.8 Å². The van der Waals surface area contributed by atoms with E-state index < -0.39 is 0 Å². The molecule has 2 nitrogen and oxygen atoms in total. The van der Waals surface area contributed by atoms with E-state index in [1.165, 1.54) is 16.7 Å². The van der Waals surface area contributed by atoms with E-state index >= 15 is 0 Å². The molecule has 0 aromatic heterocycles. The van der Waals surface area contributed by atoms with Gasteiger partial charge in [0.1, 0.15) is 0 Å². The largest absolute Gasteiger partial charge is 0.411 e. The molecule has 20 heavy (non-hydrogen) atoms. The van der Waals surface area contributed by atoms with Crippen LogP contribution < -0.4 is 0 Å². The van der Waals surface area contributed by atoms with Gasteiger partial charge in [0.05, 0.1) is 5.71 Å². The third-order valence-corrected chi connectivity index (χ3v) is 3.82. The first-order chi connectivity index (χ1) is 9.88. The Hall–Kier alpha value is -2.35. The summed E-state index contributed by atoms with van der Waals surface area (Å²) >= 11 is 0. The second-order valence-corrected chi connectivity index (χ2v) is 5.06. The van der Waals surface area contributed by atoms with Crippen LogP contribution in [0.3, 0.4) is 0 Å². The van der Waals surface area contributed by atoms with Crippen molar-refractivity contribution in [1.29, 1.82) is 0 Å². The third kappa shape index (κ3) is 2.50. The molecule has 0 spiro atoms. The summed E-state index contributed by atoms with van der Waals surface area (Å²) in [4.78, 5) is 0. The SMILES string of the molecule is O/N=C1\C=C(c2ccccc2)C(c2ccccc2)CC1. The molecule has 3 rings (SSSR count). The second kappa shape index (κ2) is 5.74. The first kappa shape index (κ1) is 12.7. The Morgan fingerprint density at radius 1 is 0.900 bits per heavy atom. The van der Waals surface area contributed by atoms with Crippen LogP contribution in [0.4, 0.5) is 0 Å². The molecule has 0 saturated carbocycles. The number of hydrogen-bond acceptors (Lipinski definition) is 2. The Balaban J connectivity index is 2.06. The van der Waals surface area contributed by atoms with Crippen LogP contribution in [0.5, 0.6) is 0 Å². The third-order valence-electron chi connectivity index (χ3n) is 3.82. The zero-order valence-corrected chi connectivity index (χ0v) is 11.2. The number of benzene rings is 2. The highest BCUT2D eigenvalue weighted by Gasteiger charge is 2.23. The van der Waals surface area contributed by atoms with E-state index in [0.29, 0.717) is 5.92 Å². The van der Waals surface area contributed by atoms with Crippen LogP contribution in [0, 0.1) is 0 Å². The minimum absolute atomic E-state index is 0.365. The zero-order chi connectivity index (χ0) is 13.8. The van der Waals surface area contributed by atoms with Crippen LogP contribution in [-0.2, 0) is 0 Å². The summed E-state index contributed by atoms with van der Waals surface area (Å²) in [6.45, 7) is 0. The maximum absolute atomic E-state index is 9.06. The Morgan fingerprint density at radius 3 is 2.20 bits per heavy atom. The molecule has 0 amide bonds. The minimum Gasteiger partial charge on any atom is -0.411 e. The molecular weight excluding hydrogens is 246 g/mol. The summed E-state index contributed by atoms with van der Waals surface area (Å²) in [5, 5.41) is 12.4. The monoisotopic (exact) mass is 263 g/mol. The lowest BCUT2D eigenvalue weighted by Crippen LogP contribution is -2.12. The summed E-state index contributed by atoms with van der Waals surface area (Å²) in [6, 6.07) is 20.9. The van der Waals surface area contributed by atoms with E-state index in [1.54, 1.807) is 0 Å². The molecule has 2 aromatic rings. The summed E-state index contributed by atoms with van der Waals surface area (Å²) in [6.07, 6.45) is 3.81. The molecule has 0 fully saturated rings. The van der Waals surface area contributed by atoms with Crippen molar-refractivity contribution in [2.75, 3.05) is 0 Å². The first-order valence-corrected chi connectivity index (χ1v) is 6.91. The van der Waals surface area contributed by atoms with Gasteiger partial charge in [-0.25, -0.2) is 0 Å². The van der Waals surface area contributed by atoms with Crippen LogP contribution in [0.25, 0.3) is 5.57 Å². The zero-order valence-electron chi connectivity index (χ0n) is 11.2. The van der Waals surface area contributed by atoms with Crippen molar-refractivity contribution in [3.05, 3.63) is 77.9 Å². The molecule has 0 heterocycles. The van der Waals surface area contributed by atoms with E-state index in [9.17, 15) is 0 Å². The van der Waals surface area contributed by atoms with Crippen molar-refractivity contribution in [3.8, 4) is 0 Å². The molecule has 100 valence electrons. The van der Waals surface area contributed by atoms with E-state index in [-0.39, 0.29) is 0 Å². The Kier molecular flexibility index (Phi) is 3.64. The van der Waals surface area contributed by atoms with Crippen molar-refractivity contribution >= 4 is 11.3 Å². The van der Waals surface area contributed by atoms with E-state index in [1.807, 2.05) is 30.3 Å². The highest BCUT2D eigenvalue weighted by atomic mass is 16.4. The molecule has 0 aliphatic heterocycles. The van der Waals surface area contributed by atoms with Gasteiger partial charge in [0.15, 0.2) is 0 Å². The average Bonchev–Trinajstić information content (AvgIpc) is 2.56. The minimum atomic E-state index is 0.365. The summed E-state index contributed by atoms with van der Waals surface area (Å²) in [5.41, 5.74) is 4.51. The fraction of sp³-hybridized carbons (Fsp3) is 0.167. The molecule has 2 aromatic carbocycles. The first-order valence-electron chi connectivity index (χ1n) is 6.91. The summed E-state index contributed by atoms with van der Waals surface area (Å²) in [7, 11) is 0. The van der Waals surface area contributed by atoms with Gasteiger partial charge >= 0.3 is 0 Å². The molecule has 2 heteroatoms. The van der Waals surface area contributed by atoms with Gasteiger partial charge in [-0.15, -0.1) is 0 Å². The number of oxime groups is 1. The summed E-state index contributed by atoms with van der Waals surface area (Å²) in [5.74, 6) is 0.365. The molecule has 1 N–H and O–H groups in total. The Labute approximate surface area is 119 Å². The highest BCUT2D eigenvalue weighted by molar-refractivity contribution is 6.03. The van der Waals surface area contributed by atoms with Gasteiger partial charge in [-0.3, -0.25) is 0 Å². The van der Waals surface area contributed by atoms with Crippen molar-refractivity contribution in [1.82, 2.24) is 0 Å². The van der Waals surface area contributed by atoms with Crippen molar-refractivity contribution < 1.29 is 5.21 Å². The number of hydrogen-bond donors (Lipinski definition) is 1. The lowest BCUT2D eigenvalue weighted by atomic mass is 9.79. The average molecular weight is 263 g/mol. The highest BCUT2D eigenvalue weighted by Crippen LogP contribution is 2.38. The van der Waals surface area contributed by atoms with E-state index in [4.69, 9.17) is 5.21 Å². The molecule has 1 aliphatic rings. The predicted octanol–water partition coefficient (Wildman–Crippen LogP) is 4.48. The molecule has 0 radical (unpaired) electrons.